The minimum absolute atomic E-state index is 0.0303. The van der Waals surface area contributed by atoms with E-state index in [4.69, 9.17) is 0 Å². The molecule has 0 unspecified atom stereocenters. The van der Waals surface area contributed by atoms with Gasteiger partial charge in [-0.15, -0.1) is 0 Å². The van der Waals surface area contributed by atoms with E-state index in [0.717, 1.165) is 36.3 Å². The molecule has 0 aliphatic carbocycles. The Bertz CT molecular complexity index is 1110. The second kappa shape index (κ2) is 8.65. The predicted molar refractivity (Wildman–Crippen MR) is 102 cm³/mol. The van der Waals surface area contributed by atoms with Gasteiger partial charge in [0.2, 0.25) is 15.3 Å². The van der Waals surface area contributed by atoms with E-state index in [-0.39, 0.29) is 5.69 Å². The maximum Gasteiger partial charge on any atom is 0.420 e. The molecular weight excluding hydrogens is 486 g/mol. The second-order valence-electron chi connectivity index (χ2n) is 7.42. The highest BCUT2D eigenvalue weighted by molar-refractivity contribution is 7.92. The SMILES string of the molecule is COc1cc2c(cc1C(F)(F)F)N(c1ccc(F)cc1)C[C@H](CCC(F)(F)F)[C@H](F)S2(=O)=O. The summed E-state index contributed by atoms with van der Waals surface area (Å²) in [5, 5.41) is 0. The molecule has 33 heavy (non-hydrogen) atoms. The monoisotopic (exact) mass is 503 g/mol. The number of nitrogens with zero attached hydrogens (tertiary/aromatic N) is 1. The first-order chi connectivity index (χ1) is 15.1. The number of benzene rings is 2. The lowest BCUT2D eigenvalue weighted by Gasteiger charge is -2.28. The third kappa shape index (κ3) is 5.17. The van der Waals surface area contributed by atoms with Crippen molar-refractivity contribution in [1.29, 1.82) is 0 Å². The summed E-state index contributed by atoms with van der Waals surface area (Å²) in [6.45, 7) is -0.696. The van der Waals surface area contributed by atoms with Gasteiger partial charge >= 0.3 is 12.4 Å². The Labute approximate surface area is 183 Å². The summed E-state index contributed by atoms with van der Waals surface area (Å²) in [4.78, 5) is 0.0698. The van der Waals surface area contributed by atoms with Crippen LogP contribution in [0.3, 0.4) is 0 Å². The molecule has 0 saturated carbocycles. The highest BCUT2D eigenvalue weighted by atomic mass is 32.2. The number of anilines is 2. The van der Waals surface area contributed by atoms with E-state index in [1.807, 2.05) is 0 Å². The van der Waals surface area contributed by atoms with E-state index in [1.54, 1.807) is 0 Å². The molecule has 3 rings (SSSR count). The number of methoxy groups -OCH3 is 1. The molecule has 0 saturated heterocycles. The molecule has 0 aromatic heterocycles. The second-order valence-corrected chi connectivity index (χ2v) is 9.40. The molecule has 2 atom stereocenters. The van der Waals surface area contributed by atoms with Gasteiger partial charge in [-0.1, -0.05) is 0 Å². The topological polar surface area (TPSA) is 46.6 Å². The molecule has 13 heteroatoms. The van der Waals surface area contributed by atoms with E-state index in [2.05, 4.69) is 4.74 Å². The zero-order valence-electron chi connectivity index (χ0n) is 16.8. The standard InChI is InChI=1S/C20H17F8NO3S/c1-32-16-9-17-15(8-14(16)20(26,27)28)29(13-4-2-12(21)3-5-13)10-11(6-7-19(23,24)25)18(22)33(17,30)31/h2-5,8-9,11,18H,6-7,10H2,1H3/t11-,18+/m0/s1. The minimum Gasteiger partial charge on any atom is -0.496 e. The van der Waals surface area contributed by atoms with Crippen molar-refractivity contribution in [3.63, 3.8) is 0 Å². The van der Waals surface area contributed by atoms with E-state index >= 15 is 4.39 Å². The summed E-state index contributed by atoms with van der Waals surface area (Å²) in [6, 6.07) is 5.00. The Morgan fingerprint density at radius 2 is 1.67 bits per heavy atom. The van der Waals surface area contributed by atoms with Gasteiger partial charge in [0.15, 0.2) is 0 Å². The van der Waals surface area contributed by atoms with Crippen molar-refractivity contribution in [2.24, 2.45) is 5.92 Å². The highest BCUT2D eigenvalue weighted by Crippen LogP contribution is 2.47. The molecule has 0 N–H and O–H groups in total. The van der Waals surface area contributed by atoms with Crippen LogP contribution in [0.2, 0.25) is 0 Å². The van der Waals surface area contributed by atoms with E-state index < -0.39 is 80.7 Å². The first-order valence-corrected chi connectivity index (χ1v) is 11.0. The zero-order chi connectivity index (χ0) is 24.8. The maximum atomic E-state index is 15.2. The molecule has 0 amide bonds. The summed E-state index contributed by atoms with van der Waals surface area (Å²) in [5.74, 6) is -3.36. The predicted octanol–water partition coefficient (Wildman–Crippen LogP) is 6.03. The molecule has 4 nitrogen and oxygen atoms in total. The first-order valence-electron chi connectivity index (χ1n) is 9.42. The van der Waals surface area contributed by atoms with Gasteiger partial charge in [0.05, 0.1) is 23.3 Å². The largest absolute Gasteiger partial charge is 0.496 e. The van der Waals surface area contributed by atoms with Gasteiger partial charge in [0.25, 0.3) is 0 Å². The van der Waals surface area contributed by atoms with Crippen LogP contribution in [0.4, 0.5) is 46.5 Å². The molecule has 182 valence electrons. The van der Waals surface area contributed by atoms with Gasteiger partial charge in [-0.2, -0.15) is 26.3 Å². The van der Waals surface area contributed by atoms with Crippen LogP contribution >= 0.6 is 0 Å². The van der Waals surface area contributed by atoms with Crippen LogP contribution in [-0.4, -0.2) is 33.8 Å². The summed E-state index contributed by atoms with van der Waals surface area (Å²) in [6.07, 6.45) is -12.1. The summed E-state index contributed by atoms with van der Waals surface area (Å²) >= 11 is 0. The lowest BCUT2D eigenvalue weighted by Crippen LogP contribution is -2.32. The van der Waals surface area contributed by atoms with Gasteiger partial charge < -0.3 is 9.64 Å². The van der Waals surface area contributed by atoms with Crippen LogP contribution in [0.1, 0.15) is 18.4 Å². The van der Waals surface area contributed by atoms with Crippen LogP contribution in [-0.2, 0) is 16.0 Å². The zero-order valence-corrected chi connectivity index (χ0v) is 17.7. The van der Waals surface area contributed by atoms with E-state index in [9.17, 15) is 39.2 Å². The molecule has 1 heterocycles. The number of halogens is 8. The van der Waals surface area contributed by atoms with Crippen molar-refractivity contribution in [2.75, 3.05) is 18.6 Å². The van der Waals surface area contributed by atoms with E-state index in [1.165, 1.54) is 0 Å². The third-order valence-electron chi connectivity index (χ3n) is 5.20. The maximum absolute atomic E-state index is 15.2. The van der Waals surface area contributed by atoms with Crippen molar-refractivity contribution in [3.8, 4) is 5.75 Å². The van der Waals surface area contributed by atoms with Crippen LogP contribution in [0, 0.1) is 11.7 Å². The third-order valence-corrected chi connectivity index (χ3v) is 7.12. The molecular formula is C20H17F8NO3S. The Morgan fingerprint density at radius 3 is 2.18 bits per heavy atom. The number of hydrogen-bond acceptors (Lipinski definition) is 4. The lowest BCUT2D eigenvalue weighted by atomic mass is 10.0. The Morgan fingerprint density at radius 1 is 1.06 bits per heavy atom. The molecule has 2 aromatic carbocycles. The van der Waals surface area contributed by atoms with Crippen LogP contribution in [0.15, 0.2) is 41.3 Å². The molecule has 0 fully saturated rings. The molecule has 0 bridgehead atoms. The number of fused-ring (bicyclic) bond motifs is 1. The number of ether oxygens (including phenoxy) is 1. The fourth-order valence-electron chi connectivity index (χ4n) is 3.61. The van der Waals surface area contributed by atoms with Crippen LogP contribution < -0.4 is 9.64 Å². The van der Waals surface area contributed by atoms with Crippen molar-refractivity contribution in [2.45, 2.75) is 35.6 Å². The molecule has 1 aliphatic heterocycles. The Hall–Kier alpha value is -2.57. The van der Waals surface area contributed by atoms with Crippen molar-refractivity contribution in [1.82, 2.24) is 0 Å². The number of hydrogen-bond donors (Lipinski definition) is 0. The van der Waals surface area contributed by atoms with Crippen LogP contribution in [0.25, 0.3) is 0 Å². The Balaban J connectivity index is 2.27. The lowest BCUT2D eigenvalue weighted by molar-refractivity contribution is -0.139. The number of sulfone groups is 1. The van der Waals surface area contributed by atoms with Crippen molar-refractivity contribution >= 4 is 21.2 Å². The van der Waals surface area contributed by atoms with Gasteiger partial charge in [-0.3, -0.25) is 0 Å². The first kappa shape index (κ1) is 25.1. The smallest absolute Gasteiger partial charge is 0.420 e. The van der Waals surface area contributed by atoms with Crippen molar-refractivity contribution < 1.29 is 48.3 Å². The van der Waals surface area contributed by atoms with Crippen LogP contribution in [0.5, 0.6) is 5.75 Å². The quantitative estimate of drug-likeness (QED) is 0.478. The normalized spacial score (nSPS) is 20.8. The summed E-state index contributed by atoms with van der Waals surface area (Å²) in [5.41, 5.74) is -4.83. The molecule has 2 aromatic rings. The highest BCUT2D eigenvalue weighted by Gasteiger charge is 2.45. The molecule has 1 aliphatic rings. The van der Waals surface area contributed by atoms with Gasteiger partial charge in [0, 0.05) is 30.6 Å². The van der Waals surface area contributed by atoms with E-state index in [0.29, 0.717) is 12.1 Å². The molecule has 0 radical (unpaired) electrons. The minimum atomic E-state index is -5.02. The summed E-state index contributed by atoms with van der Waals surface area (Å²) in [7, 11) is -4.16. The molecule has 0 spiro atoms. The van der Waals surface area contributed by atoms with Gasteiger partial charge in [-0.05, 0) is 36.8 Å². The number of rotatable bonds is 4. The van der Waals surface area contributed by atoms with Crippen molar-refractivity contribution in [3.05, 3.63) is 47.8 Å². The fourth-order valence-corrected chi connectivity index (χ4v) is 5.31. The Kier molecular flexibility index (Phi) is 6.57. The van der Waals surface area contributed by atoms with Gasteiger partial charge in [-0.25, -0.2) is 17.2 Å². The summed E-state index contributed by atoms with van der Waals surface area (Å²) < 4.78 is 138. The van der Waals surface area contributed by atoms with Gasteiger partial charge in [0.1, 0.15) is 11.6 Å². The average molecular weight is 503 g/mol. The number of alkyl halides is 7. The average Bonchev–Trinajstić information content (AvgIpc) is 2.79. The fraction of sp³-hybridized carbons (Fsp3) is 0.400.